The lowest BCUT2D eigenvalue weighted by Gasteiger charge is -2.11. The lowest BCUT2D eigenvalue weighted by atomic mass is 10.6. The number of hydrogen-bond acceptors (Lipinski definition) is 2. The van der Waals surface area contributed by atoms with Crippen LogP contribution in [0.25, 0.3) is 0 Å². The molecule has 2 nitrogen and oxygen atoms in total. The van der Waals surface area contributed by atoms with Crippen LogP contribution < -0.4 is 5.32 Å². The lowest BCUT2D eigenvalue weighted by Crippen LogP contribution is -2.28. The Hall–Kier alpha value is 0.210. The predicted molar refractivity (Wildman–Crippen MR) is 37.3 cm³/mol. The molecule has 0 aromatic carbocycles. The van der Waals surface area contributed by atoms with Crippen molar-refractivity contribution in [2.75, 3.05) is 20.1 Å². The Kier molecular flexibility index (Phi) is 3.36. The maximum Gasteiger partial charge on any atom is 0.0566 e. The summed E-state index contributed by atoms with van der Waals surface area (Å²) in [6.07, 6.45) is 0.597. The van der Waals surface area contributed by atoms with Gasteiger partial charge in [-0.2, -0.15) is 0 Å². The third-order valence-corrected chi connectivity index (χ3v) is 1.57. The molecule has 0 radical (unpaired) electrons. The molecular formula is C5H13ClN2. The molecule has 1 unspecified atom stereocenters. The molecule has 1 saturated heterocycles. The van der Waals surface area contributed by atoms with Crippen molar-refractivity contribution in [1.29, 1.82) is 0 Å². The molecular weight excluding hydrogens is 124 g/mol. The third kappa shape index (κ3) is 1.62. The summed E-state index contributed by atoms with van der Waals surface area (Å²) in [5.74, 6) is 0. The highest BCUT2D eigenvalue weighted by molar-refractivity contribution is 5.85. The zero-order chi connectivity index (χ0) is 5.28. The first-order valence-corrected chi connectivity index (χ1v) is 2.74. The predicted octanol–water partition coefficient (Wildman–Crippen LogP) is 0.289. The Labute approximate surface area is 56.7 Å². The van der Waals surface area contributed by atoms with Crippen molar-refractivity contribution in [2.24, 2.45) is 0 Å². The van der Waals surface area contributed by atoms with E-state index < -0.39 is 0 Å². The highest BCUT2D eigenvalue weighted by Crippen LogP contribution is 1.95. The molecule has 0 aromatic rings. The summed E-state index contributed by atoms with van der Waals surface area (Å²) in [5, 5.41) is 3.30. The molecule has 1 heterocycles. The van der Waals surface area contributed by atoms with Gasteiger partial charge in [0.25, 0.3) is 0 Å². The summed E-state index contributed by atoms with van der Waals surface area (Å²) in [4.78, 5) is 2.29. The summed E-state index contributed by atoms with van der Waals surface area (Å²) >= 11 is 0. The molecule has 1 fully saturated rings. The van der Waals surface area contributed by atoms with E-state index in [0.717, 1.165) is 6.54 Å². The molecule has 1 aliphatic heterocycles. The molecule has 1 N–H and O–H groups in total. The van der Waals surface area contributed by atoms with Crippen molar-refractivity contribution in [1.82, 2.24) is 10.2 Å². The van der Waals surface area contributed by atoms with Crippen LogP contribution in [0, 0.1) is 0 Å². The Balaban J connectivity index is 0.000000490. The van der Waals surface area contributed by atoms with Gasteiger partial charge in [-0.15, -0.1) is 12.4 Å². The van der Waals surface area contributed by atoms with E-state index in [1.807, 2.05) is 0 Å². The average molecular weight is 137 g/mol. The molecule has 0 spiro atoms. The molecule has 0 aromatic heterocycles. The van der Waals surface area contributed by atoms with Crippen LogP contribution in [0.15, 0.2) is 0 Å². The fourth-order valence-corrected chi connectivity index (χ4v) is 0.799. The van der Waals surface area contributed by atoms with Gasteiger partial charge in [-0.3, -0.25) is 4.90 Å². The molecule has 0 aliphatic carbocycles. The van der Waals surface area contributed by atoms with E-state index >= 15 is 0 Å². The van der Waals surface area contributed by atoms with Crippen molar-refractivity contribution in [2.45, 2.75) is 13.1 Å². The van der Waals surface area contributed by atoms with Crippen molar-refractivity contribution < 1.29 is 0 Å². The lowest BCUT2D eigenvalue weighted by molar-refractivity contribution is 0.315. The van der Waals surface area contributed by atoms with Crippen LogP contribution in [-0.4, -0.2) is 31.2 Å². The topological polar surface area (TPSA) is 15.3 Å². The van der Waals surface area contributed by atoms with E-state index in [-0.39, 0.29) is 12.4 Å². The summed E-state index contributed by atoms with van der Waals surface area (Å²) in [6.45, 7) is 4.52. The second kappa shape index (κ2) is 3.28. The van der Waals surface area contributed by atoms with Gasteiger partial charge in [-0.1, -0.05) is 0 Å². The summed E-state index contributed by atoms with van der Waals surface area (Å²) < 4.78 is 0. The van der Waals surface area contributed by atoms with E-state index in [1.54, 1.807) is 0 Å². The van der Waals surface area contributed by atoms with Crippen molar-refractivity contribution in [3.05, 3.63) is 0 Å². The highest BCUT2D eigenvalue weighted by Gasteiger charge is 2.12. The molecule has 0 bridgehead atoms. The van der Waals surface area contributed by atoms with Gasteiger partial charge >= 0.3 is 0 Å². The molecule has 50 valence electrons. The van der Waals surface area contributed by atoms with Crippen molar-refractivity contribution in [3.63, 3.8) is 0 Å². The number of rotatable bonds is 0. The van der Waals surface area contributed by atoms with Crippen LogP contribution >= 0.6 is 12.4 Å². The SMILES string of the molecule is CC1NCCN1C.Cl. The van der Waals surface area contributed by atoms with Crippen molar-refractivity contribution >= 4 is 12.4 Å². The van der Waals surface area contributed by atoms with E-state index in [0.29, 0.717) is 6.17 Å². The zero-order valence-corrected chi connectivity index (χ0v) is 6.16. The minimum Gasteiger partial charge on any atom is -0.301 e. The first-order chi connectivity index (χ1) is 3.30. The van der Waals surface area contributed by atoms with Crippen LogP contribution in [0.2, 0.25) is 0 Å². The number of nitrogens with zero attached hydrogens (tertiary/aromatic N) is 1. The molecule has 1 atom stereocenters. The quantitative estimate of drug-likeness (QED) is 0.515. The van der Waals surface area contributed by atoms with Gasteiger partial charge in [0.15, 0.2) is 0 Å². The largest absolute Gasteiger partial charge is 0.301 e. The third-order valence-electron chi connectivity index (χ3n) is 1.57. The van der Waals surface area contributed by atoms with Crippen LogP contribution in [-0.2, 0) is 0 Å². The second-order valence-electron chi connectivity index (χ2n) is 2.11. The molecule has 0 saturated carbocycles. The van der Waals surface area contributed by atoms with Crippen molar-refractivity contribution in [3.8, 4) is 0 Å². The first-order valence-electron chi connectivity index (χ1n) is 2.74. The van der Waals surface area contributed by atoms with Gasteiger partial charge in [-0.25, -0.2) is 0 Å². The number of likely N-dealkylation sites (N-methyl/N-ethyl adjacent to an activating group) is 1. The van der Waals surface area contributed by atoms with Crippen LogP contribution in [0.5, 0.6) is 0 Å². The van der Waals surface area contributed by atoms with Crippen LogP contribution in [0.3, 0.4) is 0 Å². The van der Waals surface area contributed by atoms with E-state index in [4.69, 9.17) is 0 Å². The van der Waals surface area contributed by atoms with Gasteiger partial charge in [0.2, 0.25) is 0 Å². The zero-order valence-electron chi connectivity index (χ0n) is 5.35. The Bertz CT molecular complexity index is 59.4. The summed E-state index contributed by atoms with van der Waals surface area (Å²) in [7, 11) is 2.13. The van der Waals surface area contributed by atoms with Gasteiger partial charge in [0, 0.05) is 13.1 Å². The van der Waals surface area contributed by atoms with Gasteiger partial charge < -0.3 is 5.32 Å². The normalized spacial score (nSPS) is 30.0. The molecule has 1 aliphatic rings. The smallest absolute Gasteiger partial charge is 0.0566 e. The molecule has 1 rings (SSSR count). The van der Waals surface area contributed by atoms with Crippen LogP contribution in [0.4, 0.5) is 0 Å². The molecule has 8 heavy (non-hydrogen) atoms. The Morgan fingerprint density at radius 2 is 2.25 bits per heavy atom. The first kappa shape index (κ1) is 8.21. The maximum absolute atomic E-state index is 3.30. The van der Waals surface area contributed by atoms with Crippen LogP contribution in [0.1, 0.15) is 6.92 Å². The number of nitrogens with one attached hydrogen (secondary N) is 1. The second-order valence-corrected chi connectivity index (χ2v) is 2.11. The fourth-order valence-electron chi connectivity index (χ4n) is 0.799. The van der Waals surface area contributed by atoms with E-state index in [1.165, 1.54) is 6.54 Å². The Morgan fingerprint density at radius 3 is 2.38 bits per heavy atom. The maximum atomic E-state index is 3.30. The monoisotopic (exact) mass is 136 g/mol. The highest BCUT2D eigenvalue weighted by atomic mass is 35.5. The summed E-state index contributed by atoms with van der Waals surface area (Å²) in [6, 6.07) is 0. The standard InChI is InChI=1S/C5H12N2.ClH/c1-5-6-3-4-7(5)2;/h5-6H,3-4H2,1-2H3;1H. The Morgan fingerprint density at radius 1 is 1.62 bits per heavy atom. The number of hydrogen-bond donors (Lipinski definition) is 1. The van der Waals surface area contributed by atoms with Gasteiger partial charge in [0.1, 0.15) is 0 Å². The minimum atomic E-state index is 0. The fraction of sp³-hybridized carbons (Fsp3) is 1.00. The molecule has 3 heteroatoms. The van der Waals surface area contributed by atoms with Gasteiger partial charge in [0.05, 0.1) is 6.17 Å². The minimum absolute atomic E-state index is 0. The molecule has 0 amide bonds. The van der Waals surface area contributed by atoms with E-state index in [2.05, 4.69) is 24.2 Å². The number of halogens is 1. The van der Waals surface area contributed by atoms with Gasteiger partial charge in [-0.05, 0) is 14.0 Å². The van der Waals surface area contributed by atoms with E-state index in [9.17, 15) is 0 Å². The summed E-state index contributed by atoms with van der Waals surface area (Å²) in [5.41, 5.74) is 0. The average Bonchev–Trinajstić information content (AvgIpc) is 1.91.